The van der Waals surface area contributed by atoms with E-state index in [1.165, 1.54) is 26.2 Å². The molecule has 20 heavy (non-hydrogen) atoms. The fourth-order valence-electron chi connectivity index (χ4n) is 3.71. The van der Waals surface area contributed by atoms with E-state index in [0.29, 0.717) is 19.2 Å². The monoisotopic (exact) mass is 302 g/mol. The van der Waals surface area contributed by atoms with Crippen molar-refractivity contribution in [2.75, 3.05) is 71.9 Å². The summed E-state index contributed by atoms with van der Waals surface area (Å²) in [4.78, 5) is 10.1. The molecule has 0 radical (unpaired) electrons. The molecule has 0 aromatic heterocycles. The molecular formula is C13H27N4O2P. The Balaban J connectivity index is 1.61. The van der Waals surface area contributed by atoms with Crippen LogP contribution < -0.4 is 0 Å². The molecule has 1 unspecified atom stereocenters. The summed E-state index contributed by atoms with van der Waals surface area (Å²) in [5, 5.41) is 0. The van der Waals surface area contributed by atoms with Crippen LogP contribution in [-0.2, 0) is 9.09 Å². The van der Waals surface area contributed by atoms with Gasteiger partial charge in [0.1, 0.15) is 6.29 Å². The van der Waals surface area contributed by atoms with Crippen LogP contribution in [0.5, 0.6) is 0 Å². The number of hydrogen-bond acceptors (Lipinski definition) is 6. The molecule has 3 heterocycles. The quantitative estimate of drug-likeness (QED) is 0.701. The summed E-state index contributed by atoms with van der Waals surface area (Å²) < 4.78 is 17.8. The second kappa shape index (κ2) is 6.03. The predicted octanol–water partition coefficient (Wildman–Crippen LogP) is 0.421. The van der Waals surface area contributed by atoms with Crippen molar-refractivity contribution in [2.45, 2.75) is 13.2 Å². The van der Waals surface area contributed by atoms with Gasteiger partial charge in [0.2, 0.25) is 7.37 Å². The van der Waals surface area contributed by atoms with Crippen LogP contribution in [0.15, 0.2) is 0 Å². The van der Waals surface area contributed by atoms with Crippen LogP contribution in [0, 0.1) is 0 Å². The highest BCUT2D eigenvalue weighted by Gasteiger charge is 2.41. The van der Waals surface area contributed by atoms with Crippen LogP contribution in [-0.4, -0.2) is 97.8 Å². The molecule has 0 spiro atoms. The van der Waals surface area contributed by atoms with Gasteiger partial charge in [-0.2, -0.15) is 0 Å². The van der Waals surface area contributed by atoms with Crippen LogP contribution in [0.25, 0.3) is 0 Å². The first-order valence-electron chi connectivity index (χ1n) is 7.75. The van der Waals surface area contributed by atoms with Gasteiger partial charge in [0, 0.05) is 59.0 Å². The maximum Gasteiger partial charge on any atom is 0.213 e. The van der Waals surface area contributed by atoms with E-state index in [1.54, 1.807) is 6.66 Å². The van der Waals surface area contributed by atoms with Gasteiger partial charge < -0.3 is 4.52 Å². The van der Waals surface area contributed by atoms with E-state index in [0.717, 1.165) is 26.2 Å². The normalized spacial score (nSPS) is 30.1. The summed E-state index contributed by atoms with van der Waals surface area (Å²) in [7, 11) is -2.46. The molecular weight excluding hydrogens is 275 g/mol. The van der Waals surface area contributed by atoms with Crippen LogP contribution in [0.1, 0.15) is 6.92 Å². The van der Waals surface area contributed by atoms with Gasteiger partial charge in [-0.25, -0.2) is 0 Å². The summed E-state index contributed by atoms with van der Waals surface area (Å²) in [6, 6.07) is 0. The van der Waals surface area contributed by atoms with E-state index in [9.17, 15) is 4.57 Å². The number of rotatable bonds is 4. The maximum absolute atomic E-state index is 12.4. The first-order chi connectivity index (χ1) is 9.59. The molecule has 6 nitrogen and oxygen atoms in total. The van der Waals surface area contributed by atoms with Crippen LogP contribution in [0.3, 0.4) is 0 Å². The van der Waals surface area contributed by atoms with Crippen LogP contribution >= 0.6 is 7.37 Å². The third kappa shape index (κ3) is 3.11. The van der Waals surface area contributed by atoms with Gasteiger partial charge in [0.25, 0.3) is 0 Å². The molecule has 7 heteroatoms. The molecule has 1 atom stereocenters. The van der Waals surface area contributed by atoms with E-state index >= 15 is 0 Å². The average Bonchev–Trinajstić information content (AvgIpc) is 2.91. The van der Waals surface area contributed by atoms with Gasteiger partial charge in [-0.3, -0.25) is 24.2 Å². The highest BCUT2D eigenvalue weighted by atomic mass is 31.2. The highest BCUT2D eigenvalue weighted by molar-refractivity contribution is 7.58. The topological polar surface area (TPSA) is 39.3 Å². The molecule has 3 rings (SSSR count). The maximum atomic E-state index is 12.4. The van der Waals surface area contributed by atoms with Gasteiger partial charge in [0.05, 0.1) is 12.9 Å². The predicted molar refractivity (Wildman–Crippen MR) is 80.1 cm³/mol. The molecule has 116 valence electrons. The third-order valence-corrected chi connectivity index (χ3v) is 6.31. The third-order valence-electron chi connectivity index (χ3n) is 4.59. The van der Waals surface area contributed by atoms with E-state index in [2.05, 4.69) is 19.6 Å². The van der Waals surface area contributed by atoms with Gasteiger partial charge in [-0.05, 0) is 6.92 Å². The largest absolute Gasteiger partial charge is 0.328 e. The first-order valence-corrected chi connectivity index (χ1v) is 10.0. The lowest BCUT2D eigenvalue weighted by atomic mass is 10.4. The highest BCUT2D eigenvalue weighted by Crippen LogP contribution is 2.43. The summed E-state index contributed by atoms with van der Waals surface area (Å²) in [5.41, 5.74) is 0. The zero-order valence-corrected chi connectivity index (χ0v) is 13.6. The van der Waals surface area contributed by atoms with Gasteiger partial charge in [-0.1, -0.05) is 0 Å². The molecule has 0 aromatic carbocycles. The van der Waals surface area contributed by atoms with Crippen molar-refractivity contribution < 1.29 is 9.09 Å². The zero-order valence-electron chi connectivity index (χ0n) is 12.7. The van der Waals surface area contributed by atoms with Crippen molar-refractivity contribution in [3.63, 3.8) is 0 Å². The molecule has 0 saturated carbocycles. The van der Waals surface area contributed by atoms with Crippen LogP contribution in [0.2, 0.25) is 0 Å². The van der Waals surface area contributed by atoms with Crippen molar-refractivity contribution >= 4 is 7.37 Å². The van der Waals surface area contributed by atoms with Gasteiger partial charge >= 0.3 is 0 Å². The van der Waals surface area contributed by atoms with Crippen LogP contribution in [0.4, 0.5) is 0 Å². The van der Waals surface area contributed by atoms with E-state index in [4.69, 9.17) is 4.52 Å². The smallest absolute Gasteiger partial charge is 0.213 e. The Bertz CT molecular complexity index is 375. The molecule has 3 saturated heterocycles. The second-order valence-corrected chi connectivity index (χ2v) is 8.71. The minimum Gasteiger partial charge on any atom is -0.328 e. The lowest BCUT2D eigenvalue weighted by Gasteiger charge is -2.38. The van der Waals surface area contributed by atoms with Crippen molar-refractivity contribution in [1.29, 1.82) is 0 Å². The molecule has 0 amide bonds. The second-order valence-electron chi connectivity index (χ2n) is 6.15. The van der Waals surface area contributed by atoms with Gasteiger partial charge in [-0.15, -0.1) is 0 Å². The Hall–Kier alpha value is 0.0300. The van der Waals surface area contributed by atoms with Crippen molar-refractivity contribution in [1.82, 2.24) is 19.6 Å². The summed E-state index contributed by atoms with van der Waals surface area (Å²) in [6.45, 7) is 13.1. The van der Waals surface area contributed by atoms with Crippen molar-refractivity contribution in [3.8, 4) is 0 Å². The molecule has 0 aromatic rings. The van der Waals surface area contributed by atoms with E-state index in [1.807, 2.05) is 6.92 Å². The zero-order chi connectivity index (χ0) is 14.2. The Morgan fingerprint density at radius 2 is 1.40 bits per heavy atom. The Kier molecular flexibility index (Phi) is 4.51. The first kappa shape index (κ1) is 14.9. The Morgan fingerprint density at radius 3 is 1.85 bits per heavy atom. The average molecular weight is 302 g/mol. The number of hydrogen-bond donors (Lipinski definition) is 0. The number of nitrogens with zero attached hydrogens (tertiary/aromatic N) is 4. The summed E-state index contributed by atoms with van der Waals surface area (Å²) in [5.74, 6) is 0. The Morgan fingerprint density at radius 1 is 0.950 bits per heavy atom. The molecule has 3 aliphatic rings. The lowest BCUT2D eigenvalue weighted by molar-refractivity contribution is 0.0217. The fourth-order valence-corrected chi connectivity index (χ4v) is 5.34. The summed E-state index contributed by atoms with van der Waals surface area (Å²) >= 11 is 0. The molecule has 0 aliphatic carbocycles. The summed E-state index contributed by atoms with van der Waals surface area (Å²) in [6.07, 6.45) is 1.13. The molecule has 3 fully saturated rings. The van der Waals surface area contributed by atoms with Gasteiger partial charge in [0.15, 0.2) is 0 Å². The molecule has 0 N–H and O–H groups in total. The lowest BCUT2D eigenvalue weighted by Crippen LogP contribution is -2.52. The standard InChI is InChI=1S/C13H27N4O2P/c1-3-19-20(2,18)12-14-4-6-15-8-10-17-11-9-16(7-5-14)13(15)17/h13H,3-12H2,1-2H3. The van der Waals surface area contributed by atoms with Crippen molar-refractivity contribution in [3.05, 3.63) is 0 Å². The Labute approximate surface area is 122 Å². The van der Waals surface area contributed by atoms with Crippen molar-refractivity contribution in [2.24, 2.45) is 0 Å². The fraction of sp³-hybridized carbons (Fsp3) is 1.00. The minimum absolute atomic E-state index is 0.539. The van der Waals surface area contributed by atoms with E-state index in [-0.39, 0.29) is 0 Å². The molecule has 0 bridgehead atoms. The minimum atomic E-state index is -2.46. The molecule has 3 aliphatic heterocycles. The SMILES string of the molecule is CCOP(C)(=O)CN1CCN2CCN3CCN(CC1)C23. The van der Waals surface area contributed by atoms with E-state index < -0.39 is 7.37 Å².